The maximum absolute atomic E-state index is 10.6. The zero-order valence-corrected chi connectivity index (χ0v) is 9.53. The van der Waals surface area contributed by atoms with Crippen LogP contribution in [-0.4, -0.2) is 21.4 Å². The molecule has 0 aliphatic rings. The van der Waals surface area contributed by atoms with Gasteiger partial charge in [-0.3, -0.25) is 0 Å². The van der Waals surface area contributed by atoms with Crippen molar-refractivity contribution in [2.75, 3.05) is 7.11 Å². The molecule has 13 heavy (non-hydrogen) atoms. The van der Waals surface area contributed by atoms with Gasteiger partial charge in [-0.25, -0.2) is 4.79 Å². The summed E-state index contributed by atoms with van der Waals surface area (Å²) in [4.78, 5) is 10.6. The maximum Gasteiger partial charge on any atom is 0.330 e. The molecule has 0 saturated heterocycles. The van der Waals surface area contributed by atoms with Crippen LogP contribution in [0, 0.1) is 0 Å². The van der Waals surface area contributed by atoms with E-state index in [1.54, 1.807) is 18.4 Å². The molecule has 0 amide bonds. The van der Waals surface area contributed by atoms with Gasteiger partial charge in [0.15, 0.2) is 0 Å². The lowest BCUT2D eigenvalue weighted by atomic mass is 10.5. The summed E-state index contributed by atoms with van der Waals surface area (Å²) in [6.07, 6.45) is 6.21. The molecule has 0 aromatic carbocycles. The van der Waals surface area contributed by atoms with Gasteiger partial charge in [-0.2, -0.15) is 0 Å². The van der Waals surface area contributed by atoms with E-state index >= 15 is 0 Å². The lowest BCUT2D eigenvalue weighted by molar-refractivity contribution is -0.134. The van der Waals surface area contributed by atoms with Gasteiger partial charge in [0.1, 0.15) is 0 Å². The van der Waals surface area contributed by atoms with E-state index in [0.29, 0.717) is 0 Å². The van der Waals surface area contributed by atoms with Gasteiger partial charge in [0.05, 0.1) is 13.4 Å². The largest absolute Gasteiger partial charge is 0.550 e. The fourth-order valence-electron chi connectivity index (χ4n) is 0.491. The lowest BCUT2D eigenvalue weighted by Gasteiger charge is -2.13. The lowest BCUT2D eigenvalue weighted by Crippen LogP contribution is -2.21. The van der Waals surface area contributed by atoms with Crippen molar-refractivity contribution in [2.24, 2.45) is 0 Å². The molecule has 0 aliphatic carbocycles. The second-order valence-electron chi connectivity index (χ2n) is 3.44. The molecule has 0 N–H and O–H groups in total. The number of carbonyl (C=O) groups excluding carboxylic acids is 1. The number of allylic oxidation sites excluding steroid dienone is 2. The molecule has 0 spiro atoms. The average molecular weight is 200 g/mol. The number of ether oxygens (including phenoxy) is 1. The molecule has 4 heteroatoms. The van der Waals surface area contributed by atoms with E-state index in [1.165, 1.54) is 13.2 Å². The average Bonchev–Trinajstić information content (AvgIpc) is 2.01. The van der Waals surface area contributed by atoms with Gasteiger partial charge in [-0.15, -0.1) is 0 Å². The molecule has 3 nitrogen and oxygen atoms in total. The Bertz CT molecular complexity index is 213. The van der Waals surface area contributed by atoms with E-state index in [1.807, 2.05) is 0 Å². The topological polar surface area (TPSA) is 35.5 Å². The first-order valence-corrected chi connectivity index (χ1v) is 7.45. The first-order valence-electron chi connectivity index (χ1n) is 4.04. The molecular weight excluding hydrogens is 184 g/mol. The van der Waals surface area contributed by atoms with Crippen molar-refractivity contribution in [3.63, 3.8) is 0 Å². The molecule has 74 valence electrons. The summed E-state index contributed by atoms with van der Waals surface area (Å²) in [5, 5.41) is 0. The summed E-state index contributed by atoms with van der Waals surface area (Å²) >= 11 is 0. The van der Waals surface area contributed by atoms with E-state index in [-0.39, 0.29) is 5.97 Å². The molecule has 0 fully saturated rings. The SMILES string of the molecule is COC(=O)/C=C/C=C/O[Si](C)(C)C. The number of hydrogen-bond donors (Lipinski definition) is 0. The normalized spacial score (nSPS) is 12.3. The van der Waals surface area contributed by atoms with Gasteiger partial charge in [0.2, 0.25) is 8.32 Å². The standard InChI is InChI=1S/C9H16O3Si/c1-11-9(10)7-5-6-8-12-13(2,3)4/h5-8H,1-4H3/b7-5+,8-6+. The Morgan fingerprint density at radius 2 is 1.85 bits per heavy atom. The Balaban J connectivity index is 3.76. The summed E-state index contributed by atoms with van der Waals surface area (Å²) in [7, 11) is -0.137. The van der Waals surface area contributed by atoms with E-state index < -0.39 is 8.32 Å². The molecule has 0 atom stereocenters. The van der Waals surface area contributed by atoms with E-state index in [9.17, 15) is 4.79 Å². The van der Waals surface area contributed by atoms with Crippen LogP contribution in [0.4, 0.5) is 0 Å². The van der Waals surface area contributed by atoms with Gasteiger partial charge in [0.25, 0.3) is 0 Å². The Morgan fingerprint density at radius 1 is 1.23 bits per heavy atom. The van der Waals surface area contributed by atoms with Crippen molar-refractivity contribution in [3.8, 4) is 0 Å². The second-order valence-corrected chi connectivity index (χ2v) is 7.90. The highest BCUT2D eigenvalue weighted by atomic mass is 28.4. The number of methoxy groups -OCH3 is 1. The van der Waals surface area contributed by atoms with Crippen LogP contribution in [0.5, 0.6) is 0 Å². The van der Waals surface area contributed by atoms with Gasteiger partial charge in [-0.1, -0.05) is 6.08 Å². The van der Waals surface area contributed by atoms with Crippen LogP contribution in [0.3, 0.4) is 0 Å². The van der Waals surface area contributed by atoms with Crippen molar-refractivity contribution in [1.82, 2.24) is 0 Å². The van der Waals surface area contributed by atoms with E-state index in [0.717, 1.165) is 0 Å². The highest BCUT2D eigenvalue weighted by molar-refractivity contribution is 6.69. The van der Waals surface area contributed by atoms with Crippen molar-refractivity contribution in [2.45, 2.75) is 19.6 Å². The first-order chi connectivity index (χ1) is 5.95. The molecule has 0 aliphatic heterocycles. The monoisotopic (exact) mass is 200 g/mol. The van der Waals surface area contributed by atoms with Gasteiger partial charge < -0.3 is 9.16 Å². The van der Waals surface area contributed by atoms with Crippen molar-refractivity contribution < 1.29 is 14.0 Å². The molecule has 0 bridgehead atoms. The Morgan fingerprint density at radius 3 is 2.31 bits per heavy atom. The molecule has 0 unspecified atom stereocenters. The number of carbonyl (C=O) groups is 1. The minimum atomic E-state index is -1.48. The van der Waals surface area contributed by atoms with Crippen molar-refractivity contribution in [3.05, 3.63) is 24.5 Å². The molecule has 0 rings (SSSR count). The number of hydrogen-bond acceptors (Lipinski definition) is 3. The highest BCUT2D eigenvalue weighted by Gasteiger charge is 2.12. The van der Waals surface area contributed by atoms with Crippen LogP contribution in [0.15, 0.2) is 24.5 Å². The molecule has 0 saturated carbocycles. The van der Waals surface area contributed by atoms with Crippen LogP contribution in [-0.2, 0) is 14.0 Å². The first kappa shape index (κ1) is 12.0. The minimum absolute atomic E-state index is 0.363. The van der Waals surface area contributed by atoms with Crippen molar-refractivity contribution >= 4 is 14.3 Å². The fourth-order valence-corrected chi connectivity index (χ4v) is 0.978. The zero-order valence-electron chi connectivity index (χ0n) is 8.53. The molecule has 0 aromatic rings. The summed E-state index contributed by atoms with van der Waals surface area (Å²) < 4.78 is 9.81. The maximum atomic E-state index is 10.6. The predicted octanol–water partition coefficient (Wildman–Crippen LogP) is 2.08. The quantitative estimate of drug-likeness (QED) is 0.229. The van der Waals surface area contributed by atoms with Crippen LogP contribution < -0.4 is 0 Å². The third-order valence-corrected chi connectivity index (χ3v) is 1.89. The summed E-state index contributed by atoms with van der Waals surface area (Å²) in [5.74, 6) is -0.363. The Labute approximate surface area is 80.2 Å². The van der Waals surface area contributed by atoms with Gasteiger partial charge in [0, 0.05) is 6.08 Å². The predicted molar refractivity (Wildman–Crippen MR) is 54.7 cm³/mol. The molecule has 0 heterocycles. The van der Waals surface area contributed by atoms with Crippen LogP contribution >= 0.6 is 0 Å². The highest BCUT2D eigenvalue weighted by Crippen LogP contribution is 2.02. The molecular formula is C9H16O3Si. The molecule has 0 aromatic heterocycles. The second kappa shape index (κ2) is 5.58. The zero-order chi connectivity index (χ0) is 10.3. The summed E-state index contributed by atoms with van der Waals surface area (Å²) in [6.45, 7) is 6.25. The van der Waals surface area contributed by atoms with Crippen molar-refractivity contribution in [1.29, 1.82) is 0 Å². The van der Waals surface area contributed by atoms with E-state index in [2.05, 4.69) is 24.4 Å². The molecule has 0 radical (unpaired) electrons. The van der Waals surface area contributed by atoms with Crippen LogP contribution in [0.25, 0.3) is 0 Å². The Kier molecular flexibility index (Phi) is 5.14. The van der Waals surface area contributed by atoms with Gasteiger partial charge >= 0.3 is 5.97 Å². The number of rotatable bonds is 4. The van der Waals surface area contributed by atoms with Gasteiger partial charge in [-0.05, 0) is 25.7 Å². The third-order valence-electron chi connectivity index (χ3n) is 1.04. The third kappa shape index (κ3) is 8.88. The summed E-state index contributed by atoms with van der Waals surface area (Å²) in [6, 6.07) is 0. The Hall–Kier alpha value is -1.03. The number of esters is 1. The smallest absolute Gasteiger partial charge is 0.330 e. The minimum Gasteiger partial charge on any atom is -0.550 e. The summed E-state index contributed by atoms with van der Waals surface area (Å²) in [5.41, 5.74) is 0. The fraction of sp³-hybridized carbons (Fsp3) is 0.444. The van der Waals surface area contributed by atoms with Crippen LogP contribution in [0.1, 0.15) is 0 Å². The van der Waals surface area contributed by atoms with Crippen LogP contribution in [0.2, 0.25) is 19.6 Å². The van der Waals surface area contributed by atoms with E-state index in [4.69, 9.17) is 4.43 Å².